The molecule has 4 rings (SSSR count). The Morgan fingerprint density at radius 1 is 1.14 bits per heavy atom. The third kappa shape index (κ3) is 4.66. The lowest BCUT2D eigenvalue weighted by Crippen LogP contribution is -2.43. The Morgan fingerprint density at radius 3 is 2.62 bits per heavy atom. The molecule has 1 amide bonds. The fourth-order valence-electron chi connectivity index (χ4n) is 3.77. The minimum Gasteiger partial charge on any atom is -0.344 e. The van der Waals surface area contributed by atoms with E-state index in [1.165, 1.54) is 5.56 Å². The van der Waals surface area contributed by atoms with Crippen LogP contribution in [0.2, 0.25) is 0 Å². The lowest BCUT2D eigenvalue weighted by molar-refractivity contribution is -0.116. The Kier molecular flexibility index (Phi) is 5.92. The minimum absolute atomic E-state index is 0.0343. The lowest BCUT2D eigenvalue weighted by atomic mass is 10.0. The summed E-state index contributed by atoms with van der Waals surface area (Å²) in [5, 5.41) is 3.92. The summed E-state index contributed by atoms with van der Waals surface area (Å²) in [6, 6.07) is 10.8. The quantitative estimate of drug-likeness (QED) is 0.672. The molecular formula is C23H29N5O. The fraction of sp³-hybridized carbons (Fsp3) is 0.391. The van der Waals surface area contributed by atoms with Crippen molar-refractivity contribution in [3.63, 3.8) is 0 Å². The number of aromatic amines is 1. The maximum atomic E-state index is 12.0. The molecule has 0 bridgehead atoms. The number of nitrogens with one attached hydrogen (secondary N) is 2. The van der Waals surface area contributed by atoms with E-state index in [9.17, 15) is 4.79 Å². The van der Waals surface area contributed by atoms with Crippen LogP contribution >= 0.6 is 0 Å². The molecule has 0 atom stereocenters. The largest absolute Gasteiger partial charge is 0.344 e. The second-order valence-corrected chi connectivity index (χ2v) is 7.90. The van der Waals surface area contributed by atoms with Crippen molar-refractivity contribution in [1.29, 1.82) is 0 Å². The zero-order valence-electron chi connectivity index (χ0n) is 17.2. The third-order valence-corrected chi connectivity index (χ3v) is 5.57. The number of pyridine rings is 1. The van der Waals surface area contributed by atoms with Crippen molar-refractivity contribution in [2.45, 2.75) is 26.3 Å². The van der Waals surface area contributed by atoms with Gasteiger partial charge in [-0.2, -0.15) is 0 Å². The van der Waals surface area contributed by atoms with Crippen LogP contribution in [0.15, 0.2) is 42.7 Å². The van der Waals surface area contributed by atoms with E-state index in [0.29, 0.717) is 6.42 Å². The maximum Gasteiger partial charge on any atom is 0.224 e. The van der Waals surface area contributed by atoms with Gasteiger partial charge >= 0.3 is 0 Å². The van der Waals surface area contributed by atoms with E-state index >= 15 is 0 Å². The highest BCUT2D eigenvalue weighted by atomic mass is 16.1. The van der Waals surface area contributed by atoms with Gasteiger partial charge in [-0.05, 0) is 30.7 Å². The van der Waals surface area contributed by atoms with Crippen molar-refractivity contribution in [1.82, 2.24) is 19.8 Å². The second kappa shape index (κ2) is 8.76. The van der Waals surface area contributed by atoms with E-state index in [2.05, 4.69) is 62.5 Å². The molecule has 0 aliphatic carbocycles. The number of benzene rings is 1. The summed E-state index contributed by atoms with van der Waals surface area (Å²) >= 11 is 0. The summed E-state index contributed by atoms with van der Waals surface area (Å²) in [7, 11) is 2.18. The number of anilines is 1. The highest BCUT2D eigenvalue weighted by Crippen LogP contribution is 2.28. The molecule has 2 aromatic heterocycles. The van der Waals surface area contributed by atoms with Crippen molar-refractivity contribution in [3.05, 3.63) is 48.3 Å². The Morgan fingerprint density at radius 2 is 1.90 bits per heavy atom. The second-order valence-electron chi connectivity index (χ2n) is 7.90. The van der Waals surface area contributed by atoms with Gasteiger partial charge in [0.25, 0.3) is 0 Å². The number of hydrogen-bond donors (Lipinski definition) is 2. The van der Waals surface area contributed by atoms with E-state index in [1.807, 2.05) is 19.3 Å². The molecule has 0 spiro atoms. The molecule has 6 heteroatoms. The smallest absolute Gasteiger partial charge is 0.224 e. The van der Waals surface area contributed by atoms with Crippen LogP contribution in [0.5, 0.6) is 0 Å². The van der Waals surface area contributed by atoms with Gasteiger partial charge in [-0.25, -0.2) is 4.98 Å². The van der Waals surface area contributed by atoms with Crippen molar-refractivity contribution >= 4 is 22.6 Å². The Hall–Kier alpha value is -2.70. The summed E-state index contributed by atoms with van der Waals surface area (Å²) in [5.41, 5.74) is 5.09. The summed E-state index contributed by atoms with van der Waals surface area (Å²) in [6.45, 7) is 7.52. The first-order valence-electron chi connectivity index (χ1n) is 10.4. The zero-order valence-corrected chi connectivity index (χ0v) is 17.2. The summed E-state index contributed by atoms with van der Waals surface area (Å²) < 4.78 is 0. The van der Waals surface area contributed by atoms with Gasteiger partial charge in [-0.15, -0.1) is 0 Å². The van der Waals surface area contributed by atoms with Gasteiger partial charge in [0.1, 0.15) is 5.65 Å². The van der Waals surface area contributed by atoms with Gasteiger partial charge in [0.15, 0.2) is 0 Å². The first kappa shape index (κ1) is 19.6. The standard InChI is InChI=1S/C23H29N5O/c1-3-4-22(29)26-21-15-25-23-20(21)13-19(14-24-23)18-7-5-17(6-8-18)16-28-11-9-27(2)10-12-28/h5-8,13-15H,3-4,9-12,16H2,1-2H3,(H,24,25)(H,26,29). The van der Waals surface area contributed by atoms with Crippen LogP contribution in [0.4, 0.5) is 5.69 Å². The number of aromatic nitrogens is 2. The van der Waals surface area contributed by atoms with Crippen molar-refractivity contribution in [3.8, 4) is 11.1 Å². The highest BCUT2D eigenvalue weighted by molar-refractivity contribution is 6.01. The van der Waals surface area contributed by atoms with Gasteiger partial charge in [0, 0.05) is 62.5 Å². The first-order chi connectivity index (χ1) is 14.1. The van der Waals surface area contributed by atoms with Crippen molar-refractivity contribution in [2.24, 2.45) is 0 Å². The lowest BCUT2D eigenvalue weighted by Gasteiger charge is -2.32. The number of piperazine rings is 1. The molecule has 6 nitrogen and oxygen atoms in total. The van der Waals surface area contributed by atoms with Crippen LogP contribution in [-0.4, -0.2) is 58.9 Å². The van der Waals surface area contributed by atoms with Crippen LogP contribution < -0.4 is 5.32 Å². The monoisotopic (exact) mass is 391 g/mol. The molecule has 152 valence electrons. The number of hydrogen-bond acceptors (Lipinski definition) is 4. The molecule has 3 heterocycles. The number of fused-ring (bicyclic) bond motifs is 1. The van der Waals surface area contributed by atoms with E-state index in [0.717, 1.165) is 67.0 Å². The van der Waals surface area contributed by atoms with Crippen molar-refractivity contribution < 1.29 is 4.79 Å². The number of nitrogens with zero attached hydrogens (tertiary/aromatic N) is 3. The number of likely N-dealkylation sites (N-methyl/N-ethyl adjacent to an activating group) is 1. The van der Waals surface area contributed by atoms with E-state index < -0.39 is 0 Å². The van der Waals surface area contributed by atoms with E-state index in [-0.39, 0.29) is 5.91 Å². The summed E-state index contributed by atoms with van der Waals surface area (Å²) in [6.07, 6.45) is 5.05. The number of H-pyrrole nitrogens is 1. The van der Waals surface area contributed by atoms with Gasteiger partial charge in [-0.3, -0.25) is 9.69 Å². The first-order valence-corrected chi connectivity index (χ1v) is 10.4. The molecular weight excluding hydrogens is 362 g/mol. The predicted molar refractivity (Wildman–Crippen MR) is 118 cm³/mol. The van der Waals surface area contributed by atoms with Crippen LogP contribution in [0.1, 0.15) is 25.3 Å². The van der Waals surface area contributed by atoms with Gasteiger partial charge in [0.05, 0.1) is 5.69 Å². The van der Waals surface area contributed by atoms with Crippen LogP contribution in [-0.2, 0) is 11.3 Å². The predicted octanol–water partition coefficient (Wildman–Crippen LogP) is 3.72. The number of amides is 1. The molecule has 29 heavy (non-hydrogen) atoms. The molecule has 1 aliphatic rings. The molecule has 1 fully saturated rings. The summed E-state index contributed by atoms with van der Waals surface area (Å²) in [4.78, 5) is 24.5. The Balaban J connectivity index is 1.49. The molecule has 2 N–H and O–H groups in total. The average molecular weight is 392 g/mol. The highest BCUT2D eigenvalue weighted by Gasteiger charge is 2.14. The van der Waals surface area contributed by atoms with Gasteiger partial charge < -0.3 is 15.2 Å². The van der Waals surface area contributed by atoms with Crippen LogP contribution in [0, 0.1) is 0 Å². The maximum absolute atomic E-state index is 12.0. The zero-order chi connectivity index (χ0) is 20.2. The number of carbonyl (C=O) groups is 1. The van der Waals surface area contributed by atoms with Crippen molar-refractivity contribution in [2.75, 3.05) is 38.5 Å². The van der Waals surface area contributed by atoms with Crippen LogP contribution in [0.25, 0.3) is 22.2 Å². The molecule has 1 aliphatic heterocycles. The topological polar surface area (TPSA) is 64.3 Å². The fourth-order valence-corrected chi connectivity index (χ4v) is 3.77. The molecule has 0 radical (unpaired) electrons. The number of rotatable bonds is 6. The molecule has 3 aromatic rings. The van der Waals surface area contributed by atoms with E-state index in [4.69, 9.17) is 0 Å². The Bertz CT molecular complexity index is 971. The van der Waals surface area contributed by atoms with Gasteiger partial charge in [-0.1, -0.05) is 31.2 Å². The molecule has 1 aromatic carbocycles. The Labute approximate surface area is 171 Å². The number of carbonyl (C=O) groups excluding carboxylic acids is 1. The molecule has 0 unspecified atom stereocenters. The normalized spacial score (nSPS) is 15.7. The average Bonchev–Trinajstić information content (AvgIpc) is 3.12. The molecule has 1 saturated heterocycles. The molecule has 0 saturated carbocycles. The SMILES string of the molecule is CCCC(=O)Nc1c[nH]c2ncc(-c3ccc(CN4CCN(C)CC4)cc3)cc12. The van der Waals surface area contributed by atoms with E-state index in [1.54, 1.807) is 0 Å². The third-order valence-electron chi connectivity index (χ3n) is 5.57. The summed E-state index contributed by atoms with van der Waals surface area (Å²) in [5.74, 6) is 0.0343. The minimum atomic E-state index is 0.0343. The van der Waals surface area contributed by atoms with Gasteiger partial charge in [0.2, 0.25) is 5.91 Å². The van der Waals surface area contributed by atoms with Crippen LogP contribution in [0.3, 0.4) is 0 Å².